The fraction of sp³-hybridized carbons (Fsp3) is 0.625. The Morgan fingerprint density at radius 1 is 1.21 bits per heavy atom. The largest absolute Gasteiger partial charge is 0.329 e. The Labute approximate surface area is 120 Å². The molecule has 2 N–H and O–H groups in total. The lowest BCUT2D eigenvalue weighted by molar-refractivity contribution is 0.195. The monoisotopic (exact) mass is 276 g/mol. The fourth-order valence-corrected chi connectivity index (χ4v) is 4.76. The molecule has 1 heterocycles. The number of hydrogen-bond acceptors (Lipinski definition) is 3. The topological polar surface area (TPSA) is 29.3 Å². The minimum atomic E-state index is 0.702. The third-order valence-electron chi connectivity index (χ3n) is 4.51. The molecule has 1 aliphatic heterocycles. The van der Waals surface area contributed by atoms with Crippen LogP contribution in [0.5, 0.6) is 0 Å². The average molecular weight is 276 g/mol. The Balaban J connectivity index is 1.69. The summed E-state index contributed by atoms with van der Waals surface area (Å²) in [6.45, 7) is 3.05. The summed E-state index contributed by atoms with van der Waals surface area (Å²) in [4.78, 5) is 4.16. The number of thioether (sulfide) groups is 1. The zero-order chi connectivity index (χ0) is 13.1. The van der Waals surface area contributed by atoms with Gasteiger partial charge in [0.15, 0.2) is 0 Å². The van der Waals surface area contributed by atoms with E-state index >= 15 is 0 Å². The second-order valence-electron chi connectivity index (χ2n) is 5.77. The summed E-state index contributed by atoms with van der Waals surface area (Å²) in [5.74, 6) is 1.95. The van der Waals surface area contributed by atoms with Gasteiger partial charge in [0.25, 0.3) is 0 Å². The van der Waals surface area contributed by atoms with Crippen molar-refractivity contribution in [3.05, 3.63) is 29.8 Å². The minimum Gasteiger partial charge on any atom is -0.329 e. The Morgan fingerprint density at radius 2 is 2.00 bits per heavy atom. The maximum Gasteiger partial charge on any atom is 0.0108 e. The van der Waals surface area contributed by atoms with Crippen LogP contribution in [0.4, 0.5) is 0 Å². The van der Waals surface area contributed by atoms with Crippen LogP contribution in [0.1, 0.15) is 37.2 Å². The van der Waals surface area contributed by atoms with Crippen molar-refractivity contribution in [3.8, 4) is 0 Å². The third kappa shape index (κ3) is 2.99. The summed E-state index contributed by atoms with van der Waals surface area (Å²) in [6.07, 6.45) is 5.56. The highest BCUT2D eigenvalue weighted by Gasteiger charge is 2.28. The van der Waals surface area contributed by atoms with Gasteiger partial charge in [-0.15, -0.1) is 11.8 Å². The number of rotatable bonds is 5. The van der Waals surface area contributed by atoms with Crippen LogP contribution in [-0.4, -0.2) is 36.3 Å². The first-order chi connectivity index (χ1) is 9.38. The van der Waals surface area contributed by atoms with Crippen LogP contribution in [0.2, 0.25) is 0 Å². The molecule has 0 spiro atoms. The lowest BCUT2D eigenvalue weighted by Crippen LogP contribution is -2.40. The predicted octanol–water partition coefficient (Wildman–Crippen LogP) is 3.08. The zero-order valence-corrected chi connectivity index (χ0v) is 12.4. The summed E-state index contributed by atoms with van der Waals surface area (Å²) >= 11 is 2.02. The van der Waals surface area contributed by atoms with Crippen LogP contribution in [0.25, 0.3) is 0 Å². The van der Waals surface area contributed by atoms with Gasteiger partial charge in [-0.05, 0) is 24.5 Å². The van der Waals surface area contributed by atoms with E-state index in [0.717, 1.165) is 19.1 Å². The summed E-state index contributed by atoms with van der Waals surface area (Å²) in [6, 6.07) is 9.71. The van der Waals surface area contributed by atoms with Crippen molar-refractivity contribution in [2.45, 2.75) is 42.5 Å². The van der Waals surface area contributed by atoms with Gasteiger partial charge in [0.05, 0.1) is 0 Å². The highest BCUT2D eigenvalue weighted by molar-refractivity contribution is 7.99. The van der Waals surface area contributed by atoms with E-state index in [1.807, 2.05) is 11.8 Å². The second-order valence-corrected chi connectivity index (χ2v) is 6.83. The quantitative estimate of drug-likeness (QED) is 0.896. The molecule has 2 aliphatic rings. The highest BCUT2D eigenvalue weighted by atomic mass is 32.2. The highest BCUT2D eigenvalue weighted by Crippen LogP contribution is 2.40. The van der Waals surface area contributed by atoms with Crippen LogP contribution >= 0.6 is 11.8 Å². The molecule has 19 heavy (non-hydrogen) atoms. The molecule has 1 aliphatic carbocycles. The second kappa shape index (κ2) is 6.29. The van der Waals surface area contributed by atoms with Crippen LogP contribution in [0.3, 0.4) is 0 Å². The first-order valence-electron chi connectivity index (χ1n) is 7.54. The van der Waals surface area contributed by atoms with Crippen molar-refractivity contribution in [1.29, 1.82) is 0 Å². The van der Waals surface area contributed by atoms with Gasteiger partial charge in [0.1, 0.15) is 0 Å². The Kier molecular flexibility index (Phi) is 4.46. The molecule has 1 saturated carbocycles. The van der Waals surface area contributed by atoms with Gasteiger partial charge in [-0.1, -0.05) is 31.0 Å². The molecular formula is C16H24N2S. The van der Waals surface area contributed by atoms with Crippen LogP contribution < -0.4 is 5.73 Å². The van der Waals surface area contributed by atoms with Crippen molar-refractivity contribution >= 4 is 11.8 Å². The van der Waals surface area contributed by atoms with E-state index < -0.39 is 0 Å². The standard InChI is InChI=1S/C16H24N2S/c17-9-10-18(14-5-1-2-6-14)11-13-12-19-16-8-4-3-7-15(13)16/h3-4,7-8,13-14H,1-2,5-6,9-12,17H2. The molecule has 0 aromatic heterocycles. The molecule has 0 bridgehead atoms. The third-order valence-corrected chi connectivity index (χ3v) is 5.76. The molecule has 2 nitrogen and oxygen atoms in total. The molecule has 3 rings (SSSR count). The SMILES string of the molecule is NCCN(CC1CSc2ccccc21)C1CCCC1. The van der Waals surface area contributed by atoms with Crippen molar-refractivity contribution in [1.82, 2.24) is 4.90 Å². The number of nitrogens with two attached hydrogens (primary N) is 1. The molecule has 104 valence electrons. The number of nitrogens with zero attached hydrogens (tertiary/aromatic N) is 1. The number of fused-ring (bicyclic) bond motifs is 1. The van der Waals surface area contributed by atoms with E-state index in [2.05, 4.69) is 29.2 Å². The number of hydrogen-bond donors (Lipinski definition) is 1. The van der Waals surface area contributed by atoms with Crippen LogP contribution in [0.15, 0.2) is 29.2 Å². The van der Waals surface area contributed by atoms with Crippen LogP contribution in [0, 0.1) is 0 Å². The van der Waals surface area contributed by atoms with Gasteiger partial charge in [0, 0.05) is 42.2 Å². The Bertz CT molecular complexity index is 415. The van der Waals surface area contributed by atoms with Gasteiger partial charge in [-0.3, -0.25) is 4.90 Å². The number of benzene rings is 1. The first-order valence-corrected chi connectivity index (χ1v) is 8.53. The summed E-state index contributed by atoms with van der Waals surface area (Å²) in [5.41, 5.74) is 7.38. The molecule has 0 amide bonds. The molecule has 0 radical (unpaired) electrons. The summed E-state index contributed by atoms with van der Waals surface area (Å²) < 4.78 is 0. The van der Waals surface area contributed by atoms with E-state index in [1.165, 1.54) is 42.9 Å². The molecule has 1 fully saturated rings. The van der Waals surface area contributed by atoms with Gasteiger partial charge in [-0.2, -0.15) is 0 Å². The first kappa shape index (κ1) is 13.5. The molecule has 1 aromatic carbocycles. The minimum absolute atomic E-state index is 0.702. The van der Waals surface area contributed by atoms with Crippen molar-refractivity contribution < 1.29 is 0 Å². The van der Waals surface area contributed by atoms with Crippen molar-refractivity contribution in [2.24, 2.45) is 5.73 Å². The van der Waals surface area contributed by atoms with E-state index in [1.54, 1.807) is 5.56 Å². The normalized spacial score (nSPS) is 23.2. The van der Waals surface area contributed by atoms with Gasteiger partial charge < -0.3 is 5.73 Å². The van der Waals surface area contributed by atoms with Gasteiger partial charge >= 0.3 is 0 Å². The average Bonchev–Trinajstić information content (AvgIpc) is 3.08. The van der Waals surface area contributed by atoms with Crippen LogP contribution in [-0.2, 0) is 0 Å². The predicted molar refractivity (Wildman–Crippen MR) is 82.8 cm³/mol. The molecule has 1 aromatic rings. The van der Waals surface area contributed by atoms with E-state index in [9.17, 15) is 0 Å². The summed E-state index contributed by atoms with van der Waals surface area (Å²) in [7, 11) is 0. The lowest BCUT2D eigenvalue weighted by atomic mass is 9.99. The van der Waals surface area contributed by atoms with E-state index in [-0.39, 0.29) is 0 Å². The fourth-order valence-electron chi connectivity index (χ4n) is 3.52. The molecule has 1 atom stereocenters. The van der Waals surface area contributed by atoms with Gasteiger partial charge in [-0.25, -0.2) is 0 Å². The molecule has 1 unspecified atom stereocenters. The maximum atomic E-state index is 5.82. The smallest absolute Gasteiger partial charge is 0.0108 e. The molecular weight excluding hydrogens is 252 g/mol. The van der Waals surface area contributed by atoms with Crippen molar-refractivity contribution in [3.63, 3.8) is 0 Å². The lowest BCUT2D eigenvalue weighted by Gasteiger charge is -2.31. The maximum absolute atomic E-state index is 5.82. The zero-order valence-electron chi connectivity index (χ0n) is 11.6. The molecule has 0 saturated heterocycles. The van der Waals surface area contributed by atoms with Gasteiger partial charge in [0.2, 0.25) is 0 Å². The molecule has 3 heteroatoms. The Hall–Kier alpha value is -0.510. The van der Waals surface area contributed by atoms with E-state index in [4.69, 9.17) is 5.73 Å². The van der Waals surface area contributed by atoms with E-state index in [0.29, 0.717) is 5.92 Å². The van der Waals surface area contributed by atoms with Crippen molar-refractivity contribution in [2.75, 3.05) is 25.4 Å². The summed E-state index contributed by atoms with van der Waals surface area (Å²) in [5, 5.41) is 0. The Morgan fingerprint density at radius 3 is 2.79 bits per heavy atom.